The largest absolute Gasteiger partial charge is 0.385 e. The average Bonchev–Trinajstić information content (AvgIpc) is 2.33. The molecule has 1 N–H and O–H groups in total. The van der Waals surface area contributed by atoms with Gasteiger partial charge in [0.1, 0.15) is 0 Å². The van der Waals surface area contributed by atoms with Crippen molar-refractivity contribution >= 4 is 18.3 Å². The van der Waals surface area contributed by atoms with Crippen LogP contribution in [0.2, 0.25) is 0 Å². The molecule has 0 heterocycles. The molecule has 0 radical (unpaired) electrons. The van der Waals surface area contributed by atoms with Gasteiger partial charge in [-0.05, 0) is 36.2 Å². The van der Waals surface area contributed by atoms with E-state index in [-0.39, 0.29) is 0 Å². The second-order valence-electron chi connectivity index (χ2n) is 3.71. The van der Waals surface area contributed by atoms with Crippen molar-refractivity contribution in [1.29, 1.82) is 0 Å². The van der Waals surface area contributed by atoms with E-state index >= 15 is 0 Å². The van der Waals surface area contributed by atoms with E-state index in [9.17, 15) is 0 Å². The fourth-order valence-electron chi connectivity index (χ4n) is 1.58. The topological polar surface area (TPSA) is 12.0 Å². The zero-order valence-electron chi connectivity index (χ0n) is 9.06. The molecule has 0 aliphatic heterocycles. The number of hydrogen-bond acceptors (Lipinski definition) is 2. The third-order valence-electron chi connectivity index (χ3n) is 2.45. The molecule has 0 unspecified atom stereocenters. The summed E-state index contributed by atoms with van der Waals surface area (Å²) < 4.78 is 0. The zero-order chi connectivity index (χ0) is 11.2. The molecule has 82 valence electrons. The first-order valence-corrected chi connectivity index (χ1v) is 5.86. The molecular weight excluding hydrogens is 214 g/mol. The van der Waals surface area contributed by atoms with E-state index in [4.69, 9.17) is 0 Å². The van der Waals surface area contributed by atoms with Crippen LogP contribution in [0.3, 0.4) is 0 Å². The molecule has 1 nitrogen and oxygen atoms in total. The highest BCUT2D eigenvalue weighted by Gasteiger charge is 1.93. The maximum Gasteiger partial charge on any atom is 0.0341 e. The summed E-state index contributed by atoms with van der Waals surface area (Å²) in [5, 5.41) is 3.39. The quantitative estimate of drug-likeness (QED) is 0.763. The summed E-state index contributed by atoms with van der Waals surface area (Å²) in [6.45, 7) is 0.954. The first kappa shape index (κ1) is 11.1. The van der Waals surface area contributed by atoms with Crippen LogP contribution in [0.5, 0.6) is 0 Å². The Balaban J connectivity index is 1.82. The summed E-state index contributed by atoms with van der Waals surface area (Å²) in [5.74, 6) is 0. The van der Waals surface area contributed by atoms with Gasteiger partial charge in [0.05, 0.1) is 0 Å². The molecule has 0 aromatic heterocycles. The molecule has 0 saturated heterocycles. The van der Waals surface area contributed by atoms with E-state index in [1.807, 2.05) is 30.3 Å². The Hall–Kier alpha value is -1.41. The maximum atomic E-state index is 4.25. The summed E-state index contributed by atoms with van der Waals surface area (Å²) in [5.41, 5.74) is 2.51. The van der Waals surface area contributed by atoms with Gasteiger partial charge in [0, 0.05) is 17.1 Å². The van der Waals surface area contributed by atoms with E-state index in [0.717, 1.165) is 23.5 Å². The predicted octanol–water partition coefficient (Wildman–Crippen LogP) is 3.63. The fraction of sp³-hybridized carbons (Fsp3) is 0.143. The normalized spacial score (nSPS) is 10.1. The summed E-state index contributed by atoms with van der Waals surface area (Å²) in [6, 6.07) is 18.6. The molecule has 2 aromatic carbocycles. The SMILES string of the molecule is Sc1ccc(NCCc2ccccc2)cc1. The summed E-state index contributed by atoms with van der Waals surface area (Å²) in [4.78, 5) is 0.994. The van der Waals surface area contributed by atoms with Crippen LogP contribution in [0.1, 0.15) is 5.56 Å². The van der Waals surface area contributed by atoms with Gasteiger partial charge in [-0.25, -0.2) is 0 Å². The lowest BCUT2D eigenvalue weighted by atomic mass is 10.1. The van der Waals surface area contributed by atoms with E-state index < -0.39 is 0 Å². The van der Waals surface area contributed by atoms with Crippen LogP contribution in [0, 0.1) is 0 Å². The standard InChI is InChI=1S/C14H15NS/c16-14-8-6-13(7-9-14)15-11-10-12-4-2-1-3-5-12/h1-9,15-16H,10-11H2. The van der Waals surface area contributed by atoms with Crippen molar-refractivity contribution in [3.05, 3.63) is 60.2 Å². The van der Waals surface area contributed by atoms with Crippen molar-refractivity contribution in [1.82, 2.24) is 0 Å². The van der Waals surface area contributed by atoms with E-state index in [2.05, 4.69) is 42.2 Å². The number of anilines is 1. The number of hydrogen-bond donors (Lipinski definition) is 2. The van der Waals surface area contributed by atoms with Crippen LogP contribution >= 0.6 is 12.6 Å². The first-order valence-electron chi connectivity index (χ1n) is 5.41. The van der Waals surface area contributed by atoms with Crippen molar-refractivity contribution < 1.29 is 0 Å². The van der Waals surface area contributed by atoms with E-state index in [1.165, 1.54) is 5.56 Å². The molecule has 0 saturated carbocycles. The first-order chi connectivity index (χ1) is 7.84. The molecular formula is C14H15NS. The minimum atomic E-state index is 0.954. The zero-order valence-corrected chi connectivity index (χ0v) is 9.95. The Morgan fingerprint density at radius 2 is 1.56 bits per heavy atom. The van der Waals surface area contributed by atoms with Gasteiger partial charge in [0.2, 0.25) is 0 Å². The average molecular weight is 229 g/mol. The summed E-state index contributed by atoms with van der Waals surface area (Å²) >= 11 is 4.25. The third-order valence-corrected chi connectivity index (χ3v) is 2.75. The van der Waals surface area contributed by atoms with Crippen molar-refractivity contribution in [2.75, 3.05) is 11.9 Å². The maximum absolute atomic E-state index is 4.25. The Kier molecular flexibility index (Phi) is 3.89. The molecule has 0 spiro atoms. The van der Waals surface area contributed by atoms with Crippen molar-refractivity contribution in [3.63, 3.8) is 0 Å². The fourth-order valence-corrected chi connectivity index (χ4v) is 1.72. The highest BCUT2D eigenvalue weighted by molar-refractivity contribution is 7.80. The van der Waals surface area contributed by atoms with Crippen LogP contribution in [0.25, 0.3) is 0 Å². The summed E-state index contributed by atoms with van der Waals surface area (Å²) in [6.07, 6.45) is 1.05. The highest BCUT2D eigenvalue weighted by atomic mass is 32.1. The van der Waals surface area contributed by atoms with Crippen LogP contribution in [0.4, 0.5) is 5.69 Å². The summed E-state index contributed by atoms with van der Waals surface area (Å²) in [7, 11) is 0. The third kappa shape index (κ3) is 3.31. The molecule has 2 heteroatoms. The number of rotatable bonds is 4. The lowest BCUT2D eigenvalue weighted by Gasteiger charge is -2.06. The van der Waals surface area contributed by atoms with Crippen LogP contribution < -0.4 is 5.32 Å². The second-order valence-corrected chi connectivity index (χ2v) is 4.23. The van der Waals surface area contributed by atoms with Gasteiger partial charge in [-0.2, -0.15) is 0 Å². The van der Waals surface area contributed by atoms with Gasteiger partial charge >= 0.3 is 0 Å². The van der Waals surface area contributed by atoms with Gasteiger partial charge in [-0.1, -0.05) is 30.3 Å². The van der Waals surface area contributed by atoms with Gasteiger partial charge in [-0.3, -0.25) is 0 Å². The lowest BCUT2D eigenvalue weighted by Crippen LogP contribution is -2.04. The highest BCUT2D eigenvalue weighted by Crippen LogP contribution is 2.12. The molecule has 2 rings (SSSR count). The Morgan fingerprint density at radius 3 is 2.25 bits per heavy atom. The minimum absolute atomic E-state index is 0.954. The number of benzene rings is 2. The molecule has 2 aromatic rings. The molecule has 0 fully saturated rings. The molecule has 16 heavy (non-hydrogen) atoms. The Morgan fingerprint density at radius 1 is 0.875 bits per heavy atom. The van der Waals surface area contributed by atoms with Crippen molar-refractivity contribution in [2.45, 2.75) is 11.3 Å². The van der Waals surface area contributed by atoms with Crippen molar-refractivity contribution in [3.8, 4) is 0 Å². The van der Waals surface area contributed by atoms with Crippen LogP contribution in [-0.2, 0) is 6.42 Å². The van der Waals surface area contributed by atoms with Gasteiger partial charge in [0.15, 0.2) is 0 Å². The van der Waals surface area contributed by atoms with Crippen LogP contribution in [-0.4, -0.2) is 6.54 Å². The van der Waals surface area contributed by atoms with Gasteiger partial charge < -0.3 is 5.32 Å². The van der Waals surface area contributed by atoms with E-state index in [1.54, 1.807) is 0 Å². The van der Waals surface area contributed by atoms with E-state index in [0.29, 0.717) is 0 Å². The molecule has 0 aliphatic carbocycles. The number of nitrogens with one attached hydrogen (secondary N) is 1. The molecule has 0 atom stereocenters. The van der Waals surface area contributed by atoms with Gasteiger partial charge in [0.25, 0.3) is 0 Å². The monoisotopic (exact) mass is 229 g/mol. The number of thiol groups is 1. The lowest BCUT2D eigenvalue weighted by molar-refractivity contribution is 1.02. The second kappa shape index (κ2) is 5.61. The van der Waals surface area contributed by atoms with Crippen LogP contribution in [0.15, 0.2) is 59.5 Å². The van der Waals surface area contributed by atoms with Crippen molar-refractivity contribution in [2.24, 2.45) is 0 Å². The predicted molar refractivity (Wildman–Crippen MR) is 72.3 cm³/mol. The van der Waals surface area contributed by atoms with Gasteiger partial charge in [-0.15, -0.1) is 12.6 Å². The smallest absolute Gasteiger partial charge is 0.0341 e. The Labute approximate surface area is 102 Å². The Bertz CT molecular complexity index is 422. The molecule has 0 amide bonds. The minimum Gasteiger partial charge on any atom is -0.385 e. The molecule has 0 bridgehead atoms. The molecule has 0 aliphatic rings.